The van der Waals surface area contributed by atoms with Gasteiger partial charge in [0.1, 0.15) is 11.6 Å². The van der Waals surface area contributed by atoms with Gasteiger partial charge in [0.05, 0.1) is 0 Å². The van der Waals surface area contributed by atoms with Crippen molar-refractivity contribution in [1.29, 1.82) is 0 Å². The molecule has 0 saturated carbocycles. The van der Waals surface area contributed by atoms with Gasteiger partial charge in [-0.1, -0.05) is 19.1 Å². The molecule has 1 unspecified atom stereocenters. The fraction of sp³-hybridized carbons (Fsp3) is 0.429. The number of anilines is 1. The molecule has 0 aliphatic rings. The van der Waals surface area contributed by atoms with E-state index >= 15 is 0 Å². The molecular formula is C14H19N3OS. The van der Waals surface area contributed by atoms with Gasteiger partial charge in [-0.05, 0) is 31.0 Å². The van der Waals surface area contributed by atoms with E-state index in [1.807, 2.05) is 19.2 Å². The van der Waals surface area contributed by atoms with E-state index in [1.54, 1.807) is 12.1 Å². The topological polar surface area (TPSA) is 49.2 Å². The Morgan fingerprint density at radius 1 is 1.32 bits per heavy atom. The Bertz CT molecular complexity index is 524. The molecule has 0 aliphatic carbocycles. The molecule has 19 heavy (non-hydrogen) atoms. The second kappa shape index (κ2) is 6.02. The zero-order valence-electron chi connectivity index (χ0n) is 11.5. The van der Waals surface area contributed by atoms with Gasteiger partial charge in [-0.2, -0.15) is 4.37 Å². The second-order valence-electron chi connectivity index (χ2n) is 4.68. The van der Waals surface area contributed by atoms with Crippen molar-refractivity contribution in [3.63, 3.8) is 0 Å². The molecule has 1 atom stereocenters. The summed E-state index contributed by atoms with van der Waals surface area (Å²) >= 11 is 1.45. The largest absolute Gasteiger partial charge is 0.508 e. The zero-order chi connectivity index (χ0) is 13.8. The number of nitrogens with zero attached hydrogens (tertiary/aromatic N) is 3. The van der Waals surface area contributed by atoms with E-state index in [2.05, 4.69) is 28.1 Å². The average Bonchev–Trinajstić information content (AvgIpc) is 2.89. The first kappa shape index (κ1) is 13.8. The zero-order valence-corrected chi connectivity index (χ0v) is 12.3. The number of phenols is 1. The maximum atomic E-state index is 9.28. The van der Waals surface area contributed by atoms with Crippen LogP contribution in [0, 0.1) is 0 Å². The van der Waals surface area contributed by atoms with Crippen LogP contribution in [0.5, 0.6) is 5.75 Å². The molecule has 102 valence electrons. The maximum Gasteiger partial charge on any atom is 0.205 e. The van der Waals surface area contributed by atoms with E-state index in [1.165, 1.54) is 17.1 Å². The molecule has 0 saturated heterocycles. The van der Waals surface area contributed by atoms with Gasteiger partial charge in [0.2, 0.25) is 5.13 Å². The Balaban J connectivity index is 2.02. The molecule has 5 heteroatoms. The van der Waals surface area contributed by atoms with Gasteiger partial charge in [-0.25, -0.2) is 4.98 Å². The Morgan fingerprint density at radius 3 is 2.58 bits per heavy atom. The summed E-state index contributed by atoms with van der Waals surface area (Å²) in [6, 6.07) is 7.70. The highest BCUT2D eigenvalue weighted by atomic mass is 32.1. The molecule has 0 amide bonds. The maximum absolute atomic E-state index is 9.28. The van der Waals surface area contributed by atoms with Crippen LogP contribution in [0.1, 0.15) is 25.2 Å². The van der Waals surface area contributed by atoms with Crippen LogP contribution in [-0.4, -0.2) is 27.6 Å². The number of aryl methyl sites for hydroxylation is 1. The molecule has 4 nitrogen and oxygen atoms in total. The van der Waals surface area contributed by atoms with Gasteiger partial charge in [0.25, 0.3) is 0 Å². The van der Waals surface area contributed by atoms with Crippen molar-refractivity contribution in [2.24, 2.45) is 0 Å². The summed E-state index contributed by atoms with van der Waals surface area (Å²) in [7, 11) is 2.05. The number of hydrogen-bond acceptors (Lipinski definition) is 5. The van der Waals surface area contributed by atoms with Crippen LogP contribution in [0.3, 0.4) is 0 Å². The molecule has 1 N–H and O–H groups in total. The first-order valence-corrected chi connectivity index (χ1v) is 7.20. The van der Waals surface area contributed by atoms with Crippen molar-refractivity contribution in [2.75, 3.05) is 11.9 Å². The summed E-state index contributed by atoms with van der Waals surface area (Å²) in [5.41, 5.74) is 1.21. The van der Waals surface area contributed by atoms with Gasteiger partial charge in [0.15, 0.2) is 0 Å². The van der Waals surface area contributed by atoms with Crippen molar-refractivity contribution in [1.82, 2.24) is 9.36 Å². The summed E-state index contributed by atoms with van der Waals surface area (Å²) in [6.45, 7) is 4.23. The van der Waals surface area contributed by atoms with Crippen molar-refractivity contribution in [3.05, 3.63) is 35.7 Å². The monoisotopic (exact) mass is 277 g/mol. The standard InChI is InChI=1S/C14H19N3OS/c1-4-13-15-14(19-16-13)17(3)10(2)9-11-5-7-12(18)8-6-11/h5-8,10,18H,4,9H2,1-3H3. The highest BCUT2D eigenvalue weighted by Crippen LogP contribution is 2.20. The van der Waals surface area contributed by atoms with Crippen LogP contribution in [0.15, 0.2) is 24.3 Å². The van der Waals surface area contributed by atoms with E-state index in [4.69, 9.17) is 0 Å². The summed E-state index contributed by atoms with van der Waals surface area (Å²) in [4.78, 5) is 6.66. The average molecular weight is 277 g/mol. The summed E-state index contributed by atoms with van der Waals surface area (Å²) < 4.78 is 4.31. The molecule has 0 spiro atoms. The molecule has 2 aromatic rings. The third-order valence-electron chi connectivity index (χ3n) is 3.20. The predicted molar refractivity (Wildman–Crippen MR) is 79.0 cm³/mol. The molecule has 0 aliphatic heterocycles. The second-order valence-corrected chi connectivity index (χ2v) is 5.41. The molecule has 1 aromatic carbocycles. The van der Waals surface area contributed by atoms with E-state index in [0.717, 1.165) is 23.8 Å². The van der Waals surface area contributed by atoms with E-state index in [-0.39, 0.29) is 0 Å². The van der Waals surface area contributed by atoms with Crippen LogP contribution < -0.4 is 4.90 Å². The van der Waals surface area contributed by atoms with Crippen molar-refractivity contribution >= 4 is 16.7 Å². The number of aromatic hydroxyl groups is 1. The smallest absolute Gasteiger partial charge is 0.205 e. The van der Waals surface area contributed by atoms with Crippen LogP contribution in [-0.2, 0) is 12.8 Å². The summed E-state index contributed by atoms with van der Waals surface area (Å²) in [5.74, 6) is 1.21. The summed E-state index contributed by atoms with van der Waals surface area (Å²) in [6.07, 6.45) is 1.79. The summed E-state index contributed by atoms with van der Waals surface area (Å²) in [5, 5.41) is 10.2. The van der Waals surface area contributed by atoms with Gasteiger partial charge in [0, 0.05) is 31.0 Å². The molecule has 2 rings (SSSR count). The first-order valence-electron chi connectivity index (χ1n) is 6.43. The molecule has 0 bridgehead atoms. The Labute approximate surface area is 117 Å². The number of hydrogen-bond donors (Lipinski definition) is 1. The van der Waals surface area contributed by atoms with Crippen LogP contribution in [0.25, 0.3) is 0 Å². The lowest BCUT2D eigenvalue weighted by molar-refractivity contribution is 0.475. The molecule has 0 fully saturated rings. The molecule has 1 heterocycles. The minimum Gasteiger partial charge on any atom is -0.508 e. The van der Waals surface area contributed by atoms with Crippen molar-refractivity contribution < 1.29 is 5.11 Å². The van der Waals surface area contributed by atoms with Crippen LogP contribution >= 0.6 is 11.5 Å². The lowest BCUT2D eigenvalue weighted by Gasteiger charge is -2.23. The van der Waals surface area contributed by atoms with Crippen LogP contribution in [0.2, 0.25) is 0 Å². The number of phenolic OH excluding ortho intramolecular Hbond substituents is 1. The predicted octanol–water partition coefficient (Wildman–Crippen LogP) is 2.87. The number of rotatable bonds is 5. The van der Waals surface area contributed by atoms with E-state index in [9.17, 15) is 5.11 Å². The van der Waals surface area contributed by atoms with E-state index in [0.29, 0.717) is 11.8 Å². The highest BCUT2D eigenvalue weighted by Gasteiger charge is 2.14. The first-order chi connectivity index (χ1) is 9.10. The Kier molecular flexibility index (Phi) is 4.37. The lowest BCUT2D eigenvalue weighted by Crippen LogP contribution is -2.30. The fourth-order valence-electron chi connectivity index (χ4n) is 1.83. The normalized spacial score (nSPS) is 12.4. The van der Waals surface area contributed by atoms with Crippen LogP contribution in [0.4, 0.5) is 5.13 Å². The SMILES string of the molecule is CCc1nsc(N(C)C(C)Cc2ccc(O)cc2)n1. The third kappa shape index (κ3) is 3.44. The third-order valence-corrected chi connectivity index (χ3v) is 4.05. The van der Waals surface area contributed by atoms with Crippen molar-refractivity contribution in [2.45, 2.75) is 32.7 Å². The Hall–Kier alpha value is -1.62. The number of likely N-dealkylation sites (N-methyl/N-ethyl adjacent to an activating group) is 1. The minimum absolute atomic E-state index is 0.307. The highest BCUT2D eigenvalue weighted by molar-refractivity contribution is 7.09. The minimum atomic E-state index is 0.307. The van der Waals surface area contributed by atoms with Gasteiger partial charge < -0.3 is 10.0 Å². The van der Waals surface area contributed by atoms with Gasteiger partial charge >= 0.3 is 0 Å². The molecule has 1 aromatic heterocycles. The molecular weight excluding hydrogens is 258 g/mol. The van der Waals surface area contributed by atoms with Gasteiger partial charge in [-0.3, -0.25) is 0 Å². The Morgan fingerprint density at radius 2 is 2.00 bits per heavy atom. The number of benzene rings is 1. The van der Waals surface area contributed by atoms with Crippen molar-refractivity contribution in [3.8, 4) is 5.75 Å². The lowest BCUT2D eigenvalue weighted by atomic mass is 10.1. The quantitative estimate of drug-likeness (QED) is 0.913. The fourth-order valence-corrected chi connectivity index (χ4v) is 2.64. The van der Waals surface area contributed by atoms with E-state index < -0.39 is 0 Å². The van der Waals surface area contributed by atoms with Gasteiger partial charge in [-0.15, -0.1) is 0 Å². The number of aromatic nitrogens is 2. The molecule has 0 radical (unpaired) electrons.